The predicted octanol–water partition coefficient (Wildman–Crippen LogP) is 6.09. The van der Waals surface area contributed by atoms with E-state index < -0.39 is 28.5 Å². The monoisotopic (exact) mass is 663 g/mol. The fourth-order valence-electron chi connectivity index (χ4n) is 4.52. The lowest BCUT2D eigenvalue weighted by atomic mass is 10.1. The Hall–Kier alpha value is -3.47. The standard InChI is InChI=1S/C32H39Cl2N3O6S/c1-7-28(32(39)35-18-21(2)3)36(19-23-10-11-24(33)16-27(23)34)31(38)20-37(25-12-8-22(4)9-13-25)44(40,41)26-14-15-29(42-5)30(17-26)43-6/h8-17,21,28H,7,18-20H2,1-6H3,(H,35,39). The summed E-state index contributed by atoms with van der Waals surface area (Å²) < 4.78 is 40.0. The van der Waals surface area contributed by atoms with Crippen LogP contribution in [0.5, 0.6) is 11.5 Å². The molecule has 1 atom stereocenters. The predicted molar refractivity (Wildman–Crippen MR) is 174 cm³/mol. The van der Waals surface area contributed by atoms with Crippen molar-refractivity contribution in [3.8, 4) is 11.5 Å². The molecule has 2 amide bonds. The number of methoxy groups -OCH3 is 2. The summed E-state index contributed by atoms with van der Waals surface area (Å²) in [6.45, 7) is 7.40. The van der Waals surface area contributed by atoms with Crippen molar-refractivity contribution in [1.29, 1.82) is 0 Å². The highest BCUT2D eigenvalue weighted by Crippen LogP contribution is 2.33. The van der Waals surface area contributed by atoms with Crippen LogP contribution < -0.4 is 19.1 Å². The van der Waals surface area contributed by atoms with Crippen molar-refractivity contribution in [2.24, 2.45) is 5.92 Å². The van der Waals surface area contributed by atoms with Crippen LogP contribution >= 0.6 is 23.2 Å². The first kappa shape index (κ1) is 35.0. The molecule has 0 aliphatic heterocycles. The number of carbonyl (C=O) groups is 2. The van der Waals surface area contributed by atoms with Crippen LogP contribution in [0, 0.1) is 12.8 Å². The van der Waals surface area contributed by atoms with Crippen LogP contribution in [0.15, 0.2) is 65.6 Å². The Morgan fingerprint density at radius 1 is 0.932 bits per heavy atom. The number of hydrogen-bond acceptors (Lipinski definition) is 6. The van der Waals surface area contributed by atoms with Gasteiger partial charge >= 0.3 is 0 Å². The van der Waals surface area contributed by atoms with Gasteiger partial charge in [0.25, 0.3) is 10.0 Å². The fourth-order valence-corrected chi connectivity index (χ4v) is 6.42. The molecule has 0 fully saturated rings. The minimum Gasteiger partial charge on any atom is -0.493 e. The molecule has 238 valence electrons. The first-order valence-electron chi connectivity index (χ1n) is 14.1. The average molecular weight is 665 g/mol. The van der Waals surface area contributed by atoms with Crippen molar-refractivity contribution in [2.75, 3.05) is 31.6 Å². The van der Waals surface area contributed by atoms with E-state index in [1.807, 2.05) is 20.8 Å². The minimum absolute atomic E-state index is 0.0411. The summed E-state index contributed by atoms with van der Waals surface area (Å²) in [6.07, 6.45) is 0.286. The second kappa shape index (κ2) is 15.5. The lowest BCUT2D eigenvalue weighted by Gasteiger charge is -2.33. The van der Waals surface area contributed by atoms with E-state index in [4.69, 9.17) is 32.7 Å². The lowest BCUT2D eigenvalue weighted by Crippen LogP contribution is -2.52. The van der Waals surface area contributed by atoms with Gasteiger partial charge in [0.1, 0.15) is 12.6 Å². The number of benzene rings is 3. The zero-order valence-corrected chi connectivity index (χ0v) is 28.1. The zero-order valence-electron chi connectivity index (χ0n) is 25.8. The molecule has 0 aliphatic carbocycles. The first-order chi connectivity index (χ1) is 20.8. The number of ether oxygens (including phenoxy) is 2. The van der Waals surface area contributed by atoms with Crippen molar-refractivity contribution in [1.82, 2.24) is 10.2 Å². The van der Waals surface area contributed by atoms with Crippen LogP contribution in [0.2, 0.25) is 10.0 Å². The Kier molecular flexibility index (Phi) is 12.3. The summed E-state index contributed by atoms with van der Waals surface area (Å²) in [5, 5.41) is 3.65. The van der Waals surface area contributed by atoms with Crippen LogP contribution in [-0.4, -0.2) is 58.5 Å². The Bertz CT molecular complexity index is 1560. The number of nitrogens with zero attached hydrogens (tertiary/aromatic N) is 2. The third-order valence-corrected chi connectivity index (χ3v) is 9.33. The van der Waals surface area contributed by atoms with Crippen molar-refractivity contribution in [3.63, 3.8) is 0 Å². The van der Waals surface area contributed by atoms with Gasteiger partial charge in [-0.15, -0.1) is 0 Å². The highest BCUT2D eigenvalue weighted by atomic mass is 35.5. The Balaban J connectivity index is 2.10. The summed E-state index contributed by atoms with van der Waals surface area (Å²) in [5.74, 6) is -0.171. The zero-order chi connectivity index (χ0) is 32.6. The quantitative estimate of drug-likeness (QED) is 0.224. The molecule has 9 nitrogen and oxygen atoms in total. The molecular weight excluding hydrogens is 625 g/mol. The normalized spacial score (nSPS) is 12.0. The van der Waals surface area contributed by atoms with Crippen LogP contribution in [-0.2, 0) is 26.2 Å². The second-order valence-electron chi connectivity index (χ2n) is 10.7. The Morgan fingerprint density at radius 3 is 2.16 bits per heavy atom. The number of aryl methyl sites for hydroxylation is 1. The summed E-state index contributed by atoms with van der Waals surface area (Å²) in [6, 6.07) is 15.0. The molecule has 44 heavy (non-hydrogen) atoms. The molecule has 1 unspecified atom stereocenters. The minimum atomic E-state index is -4.31. The molecule has 0 aromatic heterocycles. The lowest BCUT2D eigenvalue weighted by molar-refractivity contribution is -0.140. The van der Waals surface area contributed by atoms with Gasteiger partial charge in [0, 0.05) is 29.2 Å². The number of sulfonamides is 1. The van der Waals surface area contributed by atoms with E-state index in [1.165, 1.54) is 37.3 Å². The summed E-state index contributed by atoms with van der Waals surface area (Å²) in [5.41, 5.74) is 1.75. The fraction of sp³-hybridized carbons (Fsp3) is 0.375. The second-order valence-corrected chi connectivity index (χ2v) is 13.4. The van der Waals surface area contributed by atoms with E-state index in [1.54, 1.807) is 49.4 Å². The van der Waals surface area contributed by atoms with Crippen molar-refractivity contribution >= 4 is 50.7 Å². The van der Waals surface area contributed by atoms with Gasteiger partial charge in [0.2, 0.25) is 11.8 Å². The molecule has 12 heteroatoms. The van der Waals surface area contributed by atoms with Crippen LogP contribution in [0.25, 0.3) is 0 Å². The van der Waals surface area contributed by atoms with Gasteiger partial charge in [-0.1, -0.05) is 67.7 Å². The molecule has 0 saturated carbocycles. The molecule has 0 radical (unpaired) electrons. The van der Waals surface area contributed by atoms with Gasteiger partial charge in [-0.25, -0.2) is 8.42 Å². The van der Waals surface area contributed by atoms with Crippen LogP contribution in [0.4, 0.5) is 5.69 Å². The maximum absolute atomic E-state index is 14.2. The van der Waals surface area contributed by atoms with Crippen LogP contribution in [0.1, 0.15) is 38.3 Å². The molecule has 0 saturated heterocycles. The molecule has 3 aromatic carbocycles. The average Bonchev–Trinajstić information content (AvgIpc) is 2.99. The van der Waals surface area contributed by atoms with Gasteiger partial charge in [-0.3, -0.25) is 13.9 Å². The highest BCUT2D eigenvalue weighted by molar-refractivity contribution is 7.92. The topological polar surface area (TPSA) is 105 Å². The molecule has 0 heterocycles. The van der Waals surface area contributed by atoms with Gasteiger partial charge < -0.3 is 19.7 Å². The molecule has 0 spiro atoms. The summed E-state index contributed by atoms with van der Waals surface area (Å²) in [4.78, 5) is 28.9. The third-order valence-electron chi connectivity index (χ3n) is 6.97. The van der Waals surface area contributed by atoms with Gasteiger partial charge in [-0.05, 0) is 61.2 Å². The number of rotatable bonds is 14. The molecule has 1 N–H and O–H groups in total. The largest absolute Gasteiger partial charge is 0.493 e. The molecule has 3 aromatic rings. The number of halogens is 2. The van der Waals surface area contributed by atoms with E-state index in [2.05, 4.69) is 5.32 Å². The summed E-state index contributed by atoms with van der Waals surface area (Å²) in [7, 11) is -1.45. The van der Waals surface area contributed by atoms with Crippen molar-refractivity contribution < 1.29 is 27.5 Å². The van der Waals surface area contributed by atoms with Crippen molar-refractivity contribution in [3.05, 3.63) is 81.8 Å². The van der Waals surface area contributed by atoms with E-state index in [-0.39, 0.29) is 41.1 Å². The number of amides is 2. The van der Waals surface area contributed by atoms with E-state index in [0.29, 0.717) is 27.9 Å². The molecule has 3 rings (SSSR count). The summed E-state index contributed by atoms with van der Waals surface area (Å²) >= 11 is 12.6. The Morgan fingerprint density at radius 2 is 1.59 bits per heavy atom. The molecule has 0 aliphatic rings. The maximum Gasteiger partial charge on any atom is 0.264 e. The van der Waals surface area contributed by atoms with E-state index in [9.17, 15) is 18.0 Å². The SMILES string of the molecule is CCC(C(=O)NCC(C)C)N(Cc1ccc(Cl)cc1Cl)C(=O)CN(c1ccc(C)cc1)S(=O)(=O)c1ccc(OC)c(OC)c1. The highest BCUT2D eigenvalue weighted by Gasteiger charge is 2.34. The number of carbonyl (C=O) groups excluding carboxylic acids is 2. The van der Waals surface area contributed by atoms with E-state index in [0.717, 1.165) is 9.87 Å². The number of anilines is 1. The number of nitrogens with one attached hydrogen (secondary N) is 1. The van der Waals surface area contributed by atoms with Gasteiger partial charge in [-0.2, -0.15) is 0 Å². The van der Waals surface area contributed by atoms with Crippen molar-refractivity contribution in [2.45, 2.75) is 51.6 Å². The maximum atomic E-state index is 14.2. The third kappa shape index (κ3) is 8.58. The smallest absolute Gasteiger partial charge is 0.264 e. The molecular formula is C32H39Cl2N3O6S. The van der Waals surface area contributed by atoms with Gasteiger partial charge in [0.05, 0.1) is 24.8 Å². The Labute approximate surface area is 270 Å². The first-order valence-corrected chi connectivity index (χ1v) is 16.3. The molecule has 0 bridgehead atoms. The van der Waals surface area contributed by atoms with Crippen LogP contribution in [0.3, 0.4) is 0 Å². The van der Waals surface area contributed by atoms with Gasteiger partial charge in [0.15, 0.2) is 11.5 Å². The van der Waals surface area contributed by atoms with E-state index >= 15 is 0 Å². The number of hydrogen-bond donors (Lipinski definition) is 1.